The predicted octanol–water partition coefficient (Wildman–Crippen LogP) is 2.05. The number of carbonyl (C=O) groups excluding carboxylic acids is 1. The van der Waals surface area contributed by atoms with Crippen molar-refractivity contribution in [3.05, 3.63) is 29.3 Å². The Morgan fingerprint density at radius 3 is 2.36 bits per heavy atom. The summed E-state index contributed by atoms with van der Waals surface area (Å²) in [6.07, 6.45) is 2.35. The van der Waals surface area contributed by atoms with Gasteiger partial charge in [-0.15, -0.1) is 0 Å². The summed E-state index contributed by atoms with van der Waals surface area (Å²) in [6.45, 7) is 10.8. The second-order valence-electron chi connectivity index (χ2n) is 6.64. The van der Waals surface area contributed by atoms with Crippen molar-refractivity contribution in [3.63, 3.8) is 0 Å². The third kappa shape index (κ3) is 3.43. The Morgan fingerprint density at radius 1 is 1.00 bits per heavy atom. The first-order valence-electron chi connectivity index (χ1n) is 8.46. The van der Waals surface area contributed by atoms with Crippen molar-refractivity contribution in [2.75, 3.05) is 50.7 Å². The van der Waals surface area contributed by atoms with Gasteiger partial charge in [-0.05, 0) is 43.9 Å². The summed E-state index contributed by atoms with van der Waals surface area (Å²) < 4.78 is 0. The lowest BCUT2D eigenvalue weighted by molar-refractivity contribution is -0.131. The summed E-state index contributed by atoms with van der Waals surface area (Å²) in [5.74, 6) is 0.317. The molecule has 0 N–H and O–H groups in total. The smallest absolute Gasteiger partial charge is 0.236 e. The molecule has 0 unspecified atom stereocenters. The highest BCUT2D eigenvalue weighted by Crippen LogP contribution is 2.22. The summed E-state index contributed by atoms with van der Waals surface area (Å²) in [4.78, 5) is 19.0. The lowest BCUT2D eigenvalue weighted by atomic mass is 10.1. The van der Waals surface area contributed by atoms with Gasteiger partial charge in [0.15, 0.2) is 0 Å². The van der Waals surface area contributed by atoms with E-state index >= 15 is 0 Å². The molecule has 1 aromatic carbocycles. The molecule has 4 nitrogen and oxygen atoms in total. The van der Waals surface area contributed by atoms with Gasteiger partial charge in [-0.1, -0.05) is 12.1 Å². The fourth-order valence-electron chi connectivity index (χ4n) is 3.46. The molecule has 2 fully saturated rings. The van der Waals surface area contributed by atoms with Crippen LogP contribution in [0.1, 0.15) is 24.0 Å². The van der Waals surface area contributed by atoms with Crippen molar-refractivity contribution in [1.29, 1.82) is 0 Å². The maximum absolute atomic E-state index is 12.2. The third-order valence-electron chi connectivity index (χ3n) is 4.90. The number of hydrogen-bond acceptors (Lipinski definition) is 3. The van der Waals surface area contributed by atoms with Crippen LogP contribution in [0.3, 0.4) is 0 Å². The number of likely N-dealkylation sites (tertiary alicyclic amines) is 1. The molecule has 0 spiro atoms. The first-order valence-corrected chi connectivity index (χ1v) is 8.46. The number of amides is 1. The van der Waals surface area contributed by atoms with Gasteiger partial charge < -0.3 is 9.80 Å². The van der Waals surface area contributed by atoms with Crippen LogP contribution in [0.4, 0.5) is 5.69 Å². The summed E-state index contributed by atoms with van der Waals surface area (Å²) in [7, 11) is 0. The fraction of sp³-hybridized carbons (Fsp3) is 0.611. The van der Waals surface area contributed by atoms with Crippen LogP contribution in [0.2, 0.25) is 0 Å². The molecule has 2 saturated heterocycles. The number of anilines is 1. The largest absolute Gasteiger partial charge is 0.369 e. The van der Waals surface area contributed by atoms with Crippen LogP contribution in [-0.2, 0) is 4.79 Å². The predicted molar refractivity (Wildman–Crippen MR) is 90.4 cm³/mol. The maximum atomic E-state index is 12.2. The second kappa shape index (κ2) is 6.69. The zero-order chi connectivity index (χ0) is 15.5. The number of aryl methyl sites for hydroxylation is 2. The second-order valence-corrected chi connectivity index (χ2v) is 6.64. The topological polar surface area (TPSA) is 26.8 Å². The minimum Gasteiger partial charge on any atom is -0.369 e. The Hall–Kier alpha value is -1.55. The molecule has 0 atom stereocenters. The molecule has 2 aliphatic rings. The molecule has 22 heavy (non-hydrogen) atoms. The van der Waals surface area contributed by atoms with E-state index in [1.54, 1.807) is 0 Å². The zero-order valence-corrected chi connectivity index (χ0v) is 13.8. The number of hydrogen-bond donors (Lipinski definition) is 0. The maximum Gasteiger partial charge on any atom is 0.236 e. The Bertz CT molecular complexity index is 529. The summed E-state index contributed by atoms with van der Waals surface area (Å²) in [6, 6.07) is 6.65. The van der Waals surface area contributed by atoms with E-state index in [1.165, 1.54) is 29.7 Å². The van der Waals surface area contributed by atoms with Gasteiger partial charge in [0.05, 0.1) is 6.54 Å². The monoisotopic (exact) mass is 301 g/mol. The fourth-order valence-corrected chi connectivity index (χ4v) is 3.46. The van der Waals surface area contributed by atoms with Crippen molar-refractivity contribution < 1.29 is 4.79 Å². The van der Waals surface area contributed by atoms with Gasteiger partial charge in [0, 0.05) is 45.0 Å². The Labute approximate surface area is 133 Å². The third-order valence-corrected chi connectivity index (χ3v) is 4.90. The molecule has 4 heteroatoms. The molecule has 2 heterocycles. The zero-order valence-electron chi connectivity index (χ0n) is 13.8. The van der Waals surface area contributed by atoms with E-state index in [0.29, 0.717) is 12.5 Å². The van der Waals surface area contributed by atoms with Crippen LogP contribution in [0, 0.1) is 13.8 Å². The highest BCUT2D eigenvalue weighted by Gasteiger charge is 2.23. The molecular weight excluding hydrogens is 274 g/mol. The van der Waals surface area contributed by atoms with Gasteiger partial charge in [-0.2, -0.15) is 0 Å². The van der Waals surface area contributed by atoms with Gasteiger partial charge in [0.2, 0.25) is 5.91 Å². The minimum absolute atomic E-state index is 0.317. The summed E-state index contributed by atoms with van der Waals surface area (Å²) >= 11 is 0. The number of piperazine rings is 1. The molecule has 0 saturated carbocycles. The molecular formula is C18H27N3O. The molecule has 3 rings (SSSR count). The number of rotatable bonds is 3. The normalized spacial score (nSPS) is 19.7. The van der Waals surface area contributed by atoms with Crippen molar-refractivity contribution in [2.24, 2.45) is 0 Å². The van der Waals surface area contributed by atoms with E-state index in [9.17, 15) is 4.79 Å². The highest BCUT2D eigenvalue weighted by molar-refractivity contribution is 5.78. The van der Waals surface area contributed by atoms with Crippen LogP contribution < -0.4 is 4.90 Å². The average molecular weight is 301 g/mol. The molecule has 0 radical (unpaired) electrons. The van der Waals surface area contributed by atoms with Crippen LogP contribution in [0.25, 0.3) is 0 Å². The molecule has 1 amide bonds. The van der Waals surface area contributed by atoms with E-state index in [0.717, 1.165) is 39.3 Å². The molecule has 2 aliphatic heterocycles. The Morgan fingerprint density at radius 2 is 1.68 bits per heavy atom. The van der Waals surface area contributed by atoms with Crippen molar-refractivity contribution in [3.8, 4) is 0 Å². The van der Waals surface area contributed by atoms with Gasteiger partial charge in [-0.25, -0.2) is 0 Å². The number of carbonyl (C=O) groups is 1. The van der Waals surface area contributed by atoms with E-state index in [1.807, 2.05) is 4.90 Å². The van der Waals surface area contributed by atoms with Crippen LogP contribution in [-0.4, -0.2) is 61.5 Å². The first kappa shape index (κ1) is 15.3. The van der Waals surface area contributed by atoms with Crippen molar-refractivity contribution >= 4 is 11.6 Å². The molecule has 120 valence electrons. The van der Waals surface area contributed by atoms with Gasteiger partial charge in [0.25, 0.3) is 0 Å². The van der Waals surface area contributed by atoms with Crippen molar-refractivity contribution in [1.82, 2.24) is 9.80 Å². The molecule has 0 aromatic heterocycles. The van der Waals surface area contributed by atoms with E-state index < -0.39 is 0 Å². The van der Waals surface area contributed by atoms with E-state index in [2.05, 4.69) is 41.8 Å². The SMILES string of the molecule is Cc1ccc(C)c(N2CCN(CC(=O)N3CCCC3)CC2)c1. The summed E-state index contributed by atoms with van der Waals surface area (Å²) in [5, 5.41) is 0. The van der Waals surface area contributed by atoms with E-state index in [4.69, 9.17) is 0 Å². The van der Waals surface area contributed by atoms with Crippen molar-refractivity contribution in [2.45, 2.75) is 26.7 Å². The van der Waals surface area contributed by atoms with Crippen LogP contribution in [0.5, 0.6) is 0 Å². The minimum atomic E-state index is 0.317. The van der Waals surface area contributed by atoms with Crippen LogP contribution >= 0.6 is 0 Å². The van der Waals surface area contributed by atoms with Crippen LogP contribution in [0.15, 0.2) is 18.2 Å². The Kier molecular flexibility index (Phi) is 4.67. The van der Waals surface area contributed by atoms with E-state index in [-0.39, 0.29) is 0 Å². The number of benzene rings is 1. The summed E-state index contributed by atoms with van der Waals surface area (Å²) in [5.41, 5.74) is 4.00. The van der Waals surface area contributed by atoms with Gasteiger partial charge >= 0.3 is 0 Å². The molecule has 1 aromatic rings. The average Bonchev–Trinajstić information content (AvgIpc) is 3.05. The van der Waals surface area contributed by atoms with Gasteiger partial charge in [0.1, 0.15) is 0 Å². The quantitative estimate of drug-likeness (QED) is 0.855. The highest BCUT2D eigenvalue weighted by atomic mass is 16.2. The first-order chi connectivity index (χ1) is 10.6. The molecule has 0 aliphatic carbocycles. The Balaban J connectivity index is 1.53. The lowest BCUT2D eigenvalue weighted by Gasteiger charge is -2.37. The lowest BCUT2D eigenvalue weighted by Crippen LogP contribution is -2.50. The standard InChI is InChI=1S/C18H27N3O/c1-15-5-6-16(2)17(13-15)20-11-9-19(10-12-20)14-18(22)21-7-3-4-8-21/h5-6,13H,3-4,7-12,14H2,1-2H3. The number of nitrogens with zero attached hydrogens (tertiary/aromatic N) is 3. The van der Waals surface area contributed by atoms with Gasteiger partial charge in [-0.3, -0.25) is 9.69 Å². The molecule has 0 bridgehead atoms.